The van der Waals surface area contributed by atoms with E-state index in [0.717, 1.165) is 5.56 Å². The van der Waals surface area contributed by atoms with Gasteiger partial charge in [-0.15, -0.1) is 0 Å². The summed E-state index contributed by atoms with van der Waals surface area (Å²) >= 11 is 0. The second-order valence-corrected chi connectivity index (χ2v) is 7.45. The highest BCUT2D eigenvalue weighted by Gasteiger charge is 2.20. The molecule has 1 heterocycles. The minimum absolute atomic E-state index is 0.0328. The Labute approximate surface area is 193 Å². The van der Waals surface area contributed by atoms with E-state index < -0.39 is 0 Å². The highest BCUT2D eigenvalue weighted by Crippen LogP contribution is 2.29. The zero-order chi connectivity index (χ0) is 23.6. The Morgan fingerprint density at radius 1 is 0.909 bits per heavy atom. The number of hydrogen-bond donors (Lipinski definition) is 0. The Balaban J connectivity index is 1.53. The number of nitrogens with zero attached hydrogens (tertiary/aromatic N) is 2. The van der Waals surface area contributed by atoms with Crippen LogP contribution in [0.3, 0.4) is 0 Å². The quantitative estimate of drug-likeness (QED) is 0.428. The van der Waals surface area contributed by atoms with Crippen LogP contribution in [-0.2, 0) is 9.59 Å². The number of hydrogen-bond acceptors (Lipinski definition) is 5. The number of carbonyl (C=O) groups is 2. The molecule has 0 spiro atoms. The lowest BCUT2D eigenvalue weighted by Gasteiger charge is -2.33. The molecule has 1 saturated heterocycles. The van der Waals surface area contributed by atoms with Crippen molar-refractivity contribution < 1.29 is 28.2 Å². The van der Waals surface area contributed by atoms with Crippen LogP contribution in [0.1, 0.15) is 19.4 Å². The van der Waals surface area contributed by atoms with Crippen LogP contribution in [0.2, 0.25) is 0 Å². The van der Waals surface area contributed by atoms with Gasteiger partial charge in [-0.25, -0.2) is 4.39 Å². The van der Waals surface area contributed by atoms with Gasteiger partial charge in [0.1, 0.15) is 24.8 Å². The molecule has 33 heavy (non-hydrogen) atoms. The fraction of sp³-hybridized carbons (Fsp3) is 0.360. The zero-order valence-electron chi connectivity index (χ0n) is 19.0. The summed E-state index contributed by atoms with van der Waals surface area (Å²) in [5.74, 6) is 1.34. The number of benzene rings is 2. The lowest BCUT2D eigenvalue weighted by atomic mass is 10.2. The van der Waals surface area contributed by atoms with Gasteiger partial charge in [-0.05, 0) is 55.0 Å². The standard InChI is InChI=1S/C25H29FN2O5/c1-3-31-24-18-20(5-11-25(30)28-14-12-27(13-15-28)19(2)29)4-10-23(24)33-17-16-32-22-8-6-21(26)7-9-22/h4-11,18H,3,12-17H2,1-2H3. The van der Waals surface area contributed by atoms with Crippen molar-refractivity contribution in [1.29, 1.82) is 0 Å². The largest absolute Gasteiger partial charge is 0.490 e. The van der Waals surface area contributed by atoms with E-state index >= 15 is 0 Å². The molecule has 3 rings (SSSR count). The lowest BCUT2D eigenvalue weighted by molar-refractivity contribution is -0.135. The van der Waals surface area contributed by atoms with Crippen LogP contribution in [-0.4, -0.2) is 67.6 Å². The molecular weight excluding hydrogens is 427 g/mol. The maximum atomic E-state index is 12.9. The summed E-state index contributed by atoms with van der Waals surface area (Å²) < 4.78 is 30.0. The van der Waals surface area contributed by atoms with Crippen molar-refractivity contribution in [3.05, 3.63) is 59.9 Å². The number of ether oxygens (including phenoxy) is 3. The minimum Gasteiger partial charge on any atom is -0.490 e. The van der Waals surface area contributed by atoms with Crippen LogP contribution in [0.15, 0.2) is 48.5 Å². The van der Waals surface area contributed by atoms with Gasteiger partial charge in [0.05, 0.1) is 6.61 Å². The normalized spacial score (nSPS) is 13.8. The molecule has 2 amide bonds. The molecule has 0 radical (unpaired) electrons. The molecule has 0 N–H and O–H groups in total. The molecule has 1 aliphatic heterocycles. The molecule has 1 aliphatic rings. The van der Waals surface area contributed by atoms with E-state index in [4.69, 9.17) is 14.2 Å². The van der Waals surface area contributed by atoms with E-state index in [-0.39, 0.29) is 24.2 Å². The van der Waals surface area contributed by atoms with Gasteiger partial charge in [0.2, 0.25) is 11.8 Å². The third-order valence-corrected chi connectivity index (χ3v) is 5.15. The van der Waals surface area contributed by atoms with Crippen molar-refractivity contribution in [3.8, 4) is 17.2 Å². The Hall–Kier alpha value is -3.55. The highest BCUT2D eigenvalue weighted by molar-refractivity contribution is 5.92. The average Bonchev–Trinajstić information content (AvgIpc) is 2.82. The maximum absolute atomic E-state index is 12.9. The fourth-order valence-electron chi connectivity index (χ4n) is 3.37. The third kappa shape index (κ3) is 7.24. The molecule has 0 aromatic heterocycles. The predicted octanol–water partition coefficient (Wildman–Crippen LogP) is 3.39. The van der Waals surface area contributed by atoms with E-state index in [0.29, 0.717) is 56.6 Å². The maximum Gasteiger partial charge on any atom is 0.246 e. The van der Waals surface area contributed by atoms with Gasteiger partial charge in [-0.1, -0.05) is 6.07 Å². The molecule has 8 heteroatoms. The molecule has 0 unspecified atom stereocenters. The Morgan fingerprint density at radius 2 is 1.58 bits per heavy atom. The van der Waals surface area contributed by atoms with Gasteiger partial charge >= 0.3 is 0 Å². The van der Waals surface area contributed by atoms with E-state index in [2.05, 4.69) is 0 Å². The molecule has 2 aromatic carbocycles. The molecule has 0 atom stereocenters. The SMILES string of the molecule is CCOc1cc(C=CC(=O)N2CCN(C(C)=O)CC2)ccc1OCCOc1ccc(F)cc1. The molecule has 176 valence electrons. The van der Waals surface area contributed by atoms with Gasteiger partial charge in [-0.2, -0.15) is 0 Å². The van der Waals surface area contributed by atoms with E-state index in [1.54, 1.807) is 41.0 Å². The van der Waals surface area contributed by atoms with Crippen molar-refractivity contribution in [1.82, 2.24) is 9.80 Å². The van der Waals surface area contributed by atoms with E-state index in [9.17, 15) is 14.0 Å². The van der Waals surface area contributed by atoms with Gasteiger partial charge in [0.15, 0.2) is 11.5 Å². The first-order valence-corrected chi connectivity index (χ1v) is 11.0. The third-order valence-electron chi connectivity index (χ3n) is 5.15. The van der Waals surface area contributed by atoms with E-state index in [1.165, 1.54) is 18.2 Å². The number of rotatable bonds is 9. The first-order valence-electron chi connectivity index (χ1n) is 11.0. The van der Waals surface area contributed by atoms with Gasteiger partial charge in [0, 0.05) is 39.2 Å². The minimum atomic E-state index is -0.314. The van der Waals surface area contributed by atoms with Crippen LogP contribution in [0.5, 0.6) is 17.2 Å². The second-order valence-electron chi connectivity index (χ2n) is 7.45. The van der Waals surface area contributed by atoms with Crippen molar-refractivity contribution in [2.75, 3.05) is 46.0 Å². The summed E-state index contributed by atoms with van der Waals surface area (Å²) in [4.78, 5) is 27.4. The number of piperazine rings is 1. The fourth-order valence-corrected chi connectivity index (χ4v) is 3.37. The van der Waals surface area contributed by atoms with Crippen molar-refractivity contribution in [2.45, 2.75) is 13.8 Å². The van der Waals surface area contributed by atoms with Crippen molar-refractivity contribution in [2.24, 2.45) is 0 Å². The zero-order valence-corrected chi connectivity index (χ0v) is 19.0. The smallest absolute Gasteiger partial charge is 0.246 e. The molecule has 1 fully saturated rings. The Morgan fingerprint density at radius 3 is 2.24 bits per heavy atom. The molecular formula is C25H29FN2O5. The summed E-state index contributed by atoms with van der Waals surface area (Å²) in [7, 11) is 0. The van der Waals surface area contributed by atoms with Gasteiger partial charge in [-0.3, -0.25) is 9.59 Å². The van der Waals surface area contributed by atoms with Crippen LogP contribution in [0.4, 0.5) is 4.39 Å². The van der Waals surface area contributed by atoms with Crippen LogP contribution in [0.25, 0.3) is 6.08 Å². The highest BCUT2D eigenvalue weighted by atomic mass is 19.1. The summed E-state index contributed by atoms with van der Waals surface area (Å²) in [5.41, 5.74) is 0.809. The van der Waals surface area contributed by atoms with Gasteiger partial charge < -0.3 is 24.0 Å². The average molecular weight is 457 g/mol. The topological polar surface area (TPSA) is 68.3 Å². The Kier molecular flexibility index (Phi) is 8.69. The first kappa shape index (κ1) is 24.1. The molecule has 0 aliphatic carbocycles. The second kappa shape index (κ2) is 11.9. The summed E-state index contributed by atoms with van der Waals surface area (Å²) in [5, 5.41) is 0. The van der Waals surface area contributed by atoms with Crippen molar-refractivity contribution in [3.63, 3.8) is 0 Å². The monoisotopic (exact) mass is 456 g/mol. The summed E-state index contributed by atoms with van der Waals surface area (Å²) in [6, 6.07) is 11.3. The van der Waals surface area contributed by atoms with Gasteiger partial charge in [0.25, 0.3) is 0 Å². The first-order chi connectivity index (χ1) is 16.0. The van der Waals surface area contributed by atoms with Crippen LogP contribution in [0, 0.1) is 5.82 Å². The number of amides is 2. The van der Waals surface area contributed by atoms with Crippen LogP contribution < -0.4 is 14.2 Å². The molecule has 0 bridgehead atoms. The van der Waals surface area contributed by atoms with Crippen LogP contribution >= 0.6 is 0 Å². The predicted molar refractivity (Wildman–Crippen MR) is 123 cm³/mol. The van der Waals surface area contributed by atoms with E-state index in [1.807, 2.05) is 19.1 Å². The van der Waals surface area contributed by atoms with Crippen molar-refractivity contribution >= 4 is 17.9 Å². The Bertz CT molecular complexity index is 969. The number of halogens is 1. The number of carbonyl (C=O) groups excluding carboxylic acids is 2. The summed E-state index contributed by atoms with van der Waals surface area (Å²) in [6.45, 7) is 6.64. The summed E-state index contributed by atoms with van der Waals surface area (Å²) in [6.07, 6.45) is 3.27. The molecule has 2 aromatic rings. The lowest BCUT2D eigenvalue weighted by Crippen LogP contribution is -2.49. The molecule has 0 saturated carbocycles. The molecule has 7 nitrogen and oxygen atoms in total.